The third-order valence-corrected chi connectivity index (χ3v) is 3.35. The molecule has 0 spiro atoms. The molecular weight excluding hydrogens is 288 g/mol. The van der Waals surface area contributed by atoms with Crippen molar-refractivity contribution in [3.63, 3.8) is 0 Å². The van der Waals surface area contributed by atoms with Crippen molar-refractivity contribution in [2.75, 3.05) is 11.5 Å². The maximum absolute atomic E-state index is 12.3. The Kier molecular flexibility index (Phi) is 4.27. The number of carbonyl (C=O) groups excluding carboxylic acids is 2. The molecule has 0 radical (unpaired) electrons. The molecule has 21 heavy (non-hydrogen) atoms. The van der Waals surface area contributed by atoms with Gasteiger partial charge >= 0.3 is 0 Å². The molecule has 0 atom stereocenters. The number of nitrogens with zero attached hydrogens (tertiary/aromatic N) is 1. The fourth-order valence-electron chi connectivity index (χ4n) is 2.36. The number of anilines is 1. The minimum Gasteiger partial charge on any atom is -0.484 e. The average Bonchev–Trinajstić information content (AvgIpc) is 2.35. The Hall–Kier alpha value is -1.95. The topological polar surface area (TPSA) is 72.6 Å². The highest BCUT2D eigenvalue weighted by Crippen LogP contribution is 2.37. The number of hydrogen-bond donors (Lipinski definition) is 1. The number of para-hydroxylation sites is 2. The van der Waals surface area contributed by atoms with Crippen LogP contribution in [0, 0.1) is 5.41 Å². The number of nitrogens with two attached hydrogens (primary N) is 1. The van der Waals surface area contributed by atoms with Crippen molar-refractivity contribution in [2.45, 2.75) is 26.7 Å². The number of carbonyl (C=O) groups is 2. The molecule has 1 aromatic rings. The normalized spacial score (nSPS) is 17.7. The van der Waals surface area contributed by atoms with E-state index in [0.717, 1.165) is 0 Å². The van der Waals surface area contributed by atoms with Gasteiger partial charge in [0, 0.05) is 12.8 Å². The molecule has 1 fully saturated rings. The van der Waals surface area contributed by atoms with Crippen molar-refractivity contribution in [1.29, 1.82) is 0 Å². The molecule has 0 aliphatic carbocycles. The molecule has 1 saturated heterocycles. The van der Waals surface area contributed by atoms with Crippen LogP contribution in [-0.2, 0) is 9.59 Å². The van der Waals surface area contributed by atoms with Crippen LogP contribution in [0.2, 0.25) is 0 Å². The summed E-state index contributed by atoms with van der Waals surface area (Å²) in [7, 11) is 0. The van der Waals surface area contributed by atoms with Crippen LogP contribution in [-0.4, -0.2) is 23.4 Å². The van der Waals surface area contributed by atoms with Crippen LogP contribution in [0.4, 0.5) is 5.69 Å². The maximum atomic E-state index is 12.3. The Morgan fingerprint density at radius 3 is 2.43 bits per heavy atom. The fourth-order valence-corrected chi connectivity index (χ4v) is 2.42. The number of thiocarbonyl (C=S) groups is 1. The van der Waals surface area contributed by atoms with E-state index in [1.165, 1.54) is 4.90 Å². The van der Waals surface area contributed by atoms with Gasteiger partial charge in [-0.05, 0) is 17.5 Å². The van der Waals surface area contributed by atoms with Crippen molar-refractivity contribution >= 4 is 34.7 Å². The van der Waals surface area contributed by atoms with Gasteiger partial charge in [0.15, 0.2) is 0 Å². The third-order valence-electron chi connectivity index (χ3n) is 3.23. The first-order valence-electron chi connectivity index (χ1n) is 6.66. The molecule has 1 aliphatic rings. The van der Waals surface area contributed by atoms with Crippen molar-refractivity contribution in [2.24, 2.45) is 11.1 Å². The lowest BCUT2D eigenvalue weighted by Crippen LogP contribution is -2.46. The quantitative estimate of drug-likeness (QED) is 0.680. The van der Waals surface area contributed by atoms with E-state index in [1.54, 1.807) is 24.3 Å². The van der Waals surface area contributed by atoms with Crippen molar-refractivity contribution in [1.82, 2.24) is 0 Å². The Morgan fingerprint density at radius 2 is 1.86 bits per heavy atom. The van der Waals surface area contributed by atoms with E-state index in [2.05, 4.69) is 0 Å². The van der Waals surface area contributed by atoms with E-state index in [4.69, 9.17) is 22.7 Å². The molecule has 0 unspecified atom stereocenters. The van der Waals surface area contributed by atoms with Crippen molar-refractivity contribution in [3.8, 4) is 5.75 Å². The molecule has 1 aliphatic heterocycles. The zero-order valence-corrected chi connectivity index (χ0v) is 12.9. The third kappa shape index (κ3) is 3.58. The zero-order chi connectivity index (χ0) is 15.6. The second-order valence-corrected chi connectivity index (χ2v) is 6.39. The number of piperidine rings is 1. The van der Waals surface area contributed by atoms with E-state index in [-0.39, 0.29) is 28.8 Å². The van der Waals surface area contributed by atoms with Crippen molar-refractivity contribution < 1.29 is 14.3 Å². The highest BCUT2D eigenvalue weighted by molar-refractivity contribution is 7.80. The van der Waals surface area contributed by atoms with Crippen LogP contribution >= 0.6 is 12.2 Å². The molecule has 5 nitrogen and oxygen atoms in total. The van der Waals surface area contributed by atoms with Gasteiger partial charge < -0.3 is 10.5 Å². The van der Waals surface area contributed by atoms with Crippen LogP contribution in [0.5, 0.6) is 5.75 Å². The second-order valence-electron chi connectivity index (χ2n) is 5.86. The van der Waals surface area contributed by atoms with Gasteiger partial charge in [-0.25, -0.2) is 4.90 Å². The SMILES string of the molecule is CC1(C)CC(=O)N(c2ccccc2OCC(N)=S)C(=O)C1. The number of amides is 2. The molecule has 0 aromatic heterocycles. The van der Waals surface area contributed by atoms with E-state index in [0.29, 0.717) is 24.3 Å². The predicted octanol–water partition coefficient (Wildman–Crippen LogP) is 2.03. The summed E-state index contributed by atoms with van der Waals surface area (Å²) in [4.78, 5) is 26.0. The Balaban J connectivity index is 2.31. The molecule has 2 rings (SSSR count). The summed E-state index contributed by atoms with van der Waals surface area (Å²) in [6.07, 6.45) is 0.644. The Labute approximate surface area is 129 Å². The molecule has 0 bridgehead atoms. The smallest absolute Gasteiger partial charge is 0.234 e. The van der Waals surface area contributed by atoms with Crippen molar-refractivity contribution in [3.05, 3.63) is 24.3 Å². The van der Waals surface area contributed by atoms with Gasteiger partial charge in [0.1, 0.15) is 17.3 Å². The number of rotatable bonds is 4. The summed E-state index contributed by atoms with van der Waals surface area (Å²) in [5.41, 5.74) is 5.56. The lowest BCUT2D eigenvalue weighted by molar-refractivity contribution is -0.132. The Bertz CT molecular complexity index is 578. The monoisotopic (exact) mass is 306 g/mol. The lowest BCUT2D eigenvalue weighted by Gasteiger charge is -2.35. The first-order chi connectivity index (χ1) is 9.80. The highest BCUT2D eigenvalue weighted by Gasteiger charge is 2.39. The standard InChI is InChI=1S/C15H18N2O3S/c1-15(2)7-13(18)17(14(19)8-15)10-5-3-4-6-11(10)20-9-12(16)21/h3-6H,7-9H2,1-2H3,(H2,16,21). The number of imide groups is 1. The maximum Gasteiger partial charge on any atom is 0.234 e. The molecule has 112 valence electrons. The number of hydrogen-bond acceptors (Lipinski definition) is 4. The molecule has 2 N–H and O–H groups in total. The number of benzene rings is 1. The lowest BCUT2D eigenvalue weighted by atomic mass is 9.81. The molecule has 2 amide bonds. The van der Waals surface area contributed by atoms with Gasteiger partial charge in [-0.2, -0.15) is 0 Å². The summed E-state index contributed by atoms with van der Waals surface area (Å²) in [6, 6.07) is 6.89. The first-order valence-corrected chi connectivity index (χ1v) is 7.07. The number of ether oxygens (including phenoxy) is 1. The van der Waals surface area contributed by atoms with E-state index < -0.39 is 0 Å². The molecule has 1 heterocycles. The fraction of sp³-hybridized carbons (Fsp3) is 0.400. The van der Waals surface area contributed by atoms with Gasteiger partial charge in [0.25, 0.3) is 0 Å². The Morgan fingerprint density at radius 1 is 1.29 bits per heavy atom. The highest BCUT2D eigenvalue weighted by atomic mass is 32.1. The summed E-state index contributed by atoms with van der Waals surface area (Å²) < 4.78 is 5.49. The van der Waals surface area contributed by atoms with E-state index >= 15 is 0 Å². The molecule has 6 heteroatoms. The van der Waals surface area contributed by atoms with Gasteiger partial charge in [0.05, 0.1) is 5.69 Å². The van der Waals surface area contributed by atoms with Crippen LogP contribution in [0.3, 0.4) is 0 Å². The van der Waals surface area contributed by atoms with Gasteiger partial charge in [-0.3, -0.25) is 9.59 Å². The summed E-state index contributed by atoms with van der Waals surface area (Å²) in [6.45, 7) is 3.89. The largest absolute Gasteiger partial charge is 0.484 e. The van der Waals surface area contributed by atoms with E-state index in [1.807, 2.05) is 13.8 Å². The minimum absolute atomic E-state index is 0.0636. The van der Waals surface area contributed by atoms with E-state index in [9.17, 15) is 9.59 Å². The van der Waals surface area contributed by atoms with Gasteiger partial charge in [-0.15, -0.1) is 0 Å². The zero-order valence-electron chi connectivity index (χ0n) is 12.1. The van der Waals surface area contributed by atoms with Gasteiger partial charge in [-0.1, -0.05) is 38.2 Å². The molecular formula is C15H18N2O3S. The predicted molar refractivity (Wildman–Crippen MR) is 84.2 cm³/mol. The summed E-state index contributed by atoms with van der Waals surface area (Å²) in [5.74, 6) is -0.0167. The minimum atomic E-state index is -0.306. The van der Waals surface area contributed by atoms with Gasteiger partial charge in [0.2, 0.25) is 11.8 Å². The van der Waals surface area contributed by atoms with Crippen LogP contribution in [0.1, 0.15) is 26.7 Å². The molecule has 1 aromatic carbocycles. The first kappa shape index (κ1) is 15.4. The average molecular weight is 306 g/mol. The van der Waals surface area contributed by atoms with Crippen LogP contribution < -0.4 is 15.4 Å². The molecule has 0 saturated carbocycles. The summed E-state index contributed by atoms with van der Waals surface area (Å²) >= 11 is 4.78. The van der Waals surface area contributed by atoms with Crippen LogP contribution in [0.25, 0.3) is 0 Å². The second kappa shape index (κ2) is 5.81. The van der Waals surface area contributed by atoms with Crippen LogP contribution in [0.15, 0.2) is 24.3 Å². The summed E-state index contributed by atoms with van der Waals surface area (Å²) in [5, 5.41) is 0.